The fourth-order valence-electron chi connectivity index (χ4n) is 3.65. The van der Waals surface area contributed by atoms with E-state index >= 15 is 0 Å². The molecule has 2 unspecified atom stereocenters. The summed E-state index contributed by atoms with van der Waals surface area (Å²) in [5.74, 6) is 0.626. The maximum atomic E-state index is 2.50. The molecule has 2 aliphatic rings. The Bertz CT molecular complexity index is 732. The molecule has 0 fully saturated rings. The second-order valence-corrected chi connectivity index (χ2v) is 8.83. The van der Waals surface area contributed by atoms with Crippen LogP contribution in [0.4, 0.5) is 0 Å². The number of fused-ring (bicyclic) bond motifs is 2. The SMILES string of the molecule is C[Si-](CC1C=Cc2ccccc21)C1C=Cc2ccccc21.[Li+]. The van der Waals surface area contributed by atoms with Crippen molar-refractivity contribution in [3.05, 3.63) is 82.9 Å². The topological polar surface area (TPSA) is 0 Å². The molecule has 0 spiro atoms. The second-order valence-electron chi connectivity index (χ2n) is 6.11. The van der Waals surface area contributed by atoms with Gasteiger partial charge >= 0.3 is 18.9 Å². The Hall–Kier alpha value is -1.27. The van der Waals surface area contributed by atoms with Crippen LogP contribution >= 0.6 is 0 Å². The van der Waals surface area contributed by atoms with Crippen LogP contribution in [-0.2, 0) is 0 Å². The van der Waals surface area contributed by atoms with Crippen LogP contribution in [0.2, 0.25) is 12.6 Å². The number of benzene rings is 2. The Morgan fingerprint density at radius 1 is 0.818 bits per heavy atom. The minimum Gasteiger partial charge on any atom is -0.248 e. The predicted octanol–water partition coefficient (Wildman–Crippen LogP) is 2.28. The van der Waals surface area contributed by atoms with Gasteiger partial charge < -0.3 is 0 Å². The number of hydrogen-bond donors (Lipinski definition) is 0. The summed E-state index contributed by atoms with van der Waals surface area (Å²) in [6, 6.07) is 19.0. The van der Waals surface area contributed by atoms with Crippen LogP contribution in [0.15, 0.2) is 60.7 Å². The third-order valence-electron chi connectivity index (χ3n) is 4.78. The minimum atomic E-state index is -0.442. The van der Waals surface area contributed by atoms with Gasteiger partial charge in [0.15, 0.2) is 0 Å². The van der Waals surface area contributed by atoms with Crippen LogP contribution in [0.1, 0.15) is 33.7 Å². The first-order valence-corrected chi connectivity index (χ1v) is 9.98. The molecule has 0 nitrogen and oxygen atoms in total. The van der Waals surface area contributed by atoms with Gasteiger partial charge in [-0.1, -0.05) is 72.3 Å². The molecule has 2 aromatic carbocycles. The fraction of sp³-hybridized carbons (Fsp3) is 0.200. The summed E-state index contributed by atoms with van der Waals surface area (Å²) in [5, 5.41) is 0. The van der Waals surface area contributed by atoms with Gasteiger partial charge in [-0.15, -0.1) is 11.6 Å². The van der Waals surface area contributed by atoms with E-state index in [0.717, 1.165) is 0 Å². The second kappa shape index (κ2) is 6.46. The molecule has 0 bridgehead atoms. The summed E-state index contributed by atoms with van der Waals surface area (Å²) < 4.78 is 0. The van der Waals surface area contributed by atoms with Crippen molar-refractivity contribution in [2.45, 2.75) is 24.1 Å². The zero-order valence-electron chi connectivity index (χ0n) is 13.3. The van der Waals surface area contributed by atoms with Gasteiger partial charge in [0.1, 0.15) is 0 Å². The molecule has 2 heteroatoms. The molecule has 2 aromatic rings. The van der Waals surface area contributed by atoms with E-state index in [1.165, 1.54) is 22.7 Å². The third kappa shape index (κ3) is 2.70. The Morgan fingerprint density at radius 3 is 2.18 bits per heavy atom. The molecule has 22 heavy (non-hydrogen) atoms. The molecular formula is C20H19LiSi. The minimum absolute atomic E-state index is 0. The normalized spacial score (nSPS) is 20.8. The van der Waals surface area contributed by atoms with Gasteiger partial charge in [-0.25, -0.2) is 8.80 Å². The fourth-order valence-corrected chi connectivity index (χ4v) is 6.18. The van der Waals surface area contributed by atoms with Gasteiger partial charge in [0.2, 0.25) is 0 Å². The van der Waals surface area contributed by atoms with Crippen molar-refractivity contribution < 1.29 is 18.9 Å². The molecule has 0 aromatic heterocycles. The smallest absolute Gasteiger partial charge is 0.248 e. The molecule has 4 rings (SSSR count). The van der Waals surface area contributed by atoms with Crippen LogP contribution in [-0.4, -0.2) is 8.80 Å². The summed E-state index contributed by atoms with van der Waals surface area (Å²) in [4.78, 5) is 0. The molecule has 0 radical (unpaired) electrons. The molecule has 0 saturated heterocycles. The Morgan fingerprint density at radius 2 is 1.41 bits per heavy atom. The molecule has 0 amide bonds. The molecule has 104 valence electrons. The van der Waals surface area contributed by atoms with E-state index in [0.29, 0.717) is 11.5 Å². The summed E-state index contributed by atoms with van der Waals surface area (Å²) in [5.41, 5.74) is 6.59. The molecule has 0 saturated carbocycles. The maximum Gasteiger partial charge on any atom is 1.00 e. The van der Waals surface area contributed by atoms with Gasteiger partial charge in [-0.05, 0) is 22.6 Å². The summed E-state index contributed by atoms with van der Waals surface area (Å²) in [6.45, 7) is 2.50. The van der Waals surface area contributed by atoms with Crippen LogP contribution in [0, 0.1) is 0 Å². The van der Waals surface area contributed by atoms with Crippen LogP contribution in [0.5, 0.6) is 0 Å². The standard InChI is InChI=1S/C20H19Si.Li/c1-21(20-13-12-16-7-3-5-9-19(16)20)14-17-11-10-15-6-2-4-8-18(15)17;/h2-13,17,20H,14H2,1H3;/q-1;+1. The monoisotopic (exact) mass is 294 g/mol. The first kappa shape index (κ1) is 15.6. The van der Waals surface area contributed by atoms with Gasteiger partial charge in [0.25, 0.3) is 0 Å². The summed E-state index contributed by atoms with van der Waals surface area (Å²) in [7, 11) is -0.442. The van der Waals surface area contributed by atoms with Gasteiger partial charge in [-0.2, -0.15) is 12.6 Å². The largest absolute Gasteiger partial charge is 1.00 e. The molecular weight excluding hydrogens is 275 g/mol. The average Bonchev–Trinajstić information content (AvgIpc) is 3.12. The van der Waals surface area contributed by atoms with Crippen LogP contribution < -0.4 is 18.9 Å². The van der Waals surface area contributed by atoms with Crippen LogP contribution in [0.25, 0.3) is 12.2 Å². The van der Waals surface area contributed by atoms with Crippen molar-refractivity contribution in [1.82, 2.24) is 0 Å². The quantitative estimate of drug-likeness (QED) is 0.762. The summed E-state index contributed by atoms with van der Waals surface area (Å²) in [6.07, 6.45) is 9.45. The first-order chi connectivity index (χ1) is 10.3. The van der Waals surface area contributed by atoms with E-state index in [1.807, 2.05) is 0 Å². The van der Waals surface area contributed by atoms with Crippen molar-refractivity contribution in [1.29, 1.82) is 0 Å². The van der Waals surface area contributed by atoms with Crippen LogP contribution in [0.3, 0.4) is 0 Å². The van der Waals surface area contributed by atoms with Crippen molar-refractivity contribution in [3.63, 3.8) is 0 Å². The van der Waals surface area contributed by atoms with E-state index in [9.17, 15) is 0 Å². The Balaban J connectivity index is 0.00000144. The van der Waals surface area contributed by atoms with Crippen molar-refractivity contribution in [3.8, 4) is 0 Å². The molecule has 0 aliphatic heterocycles. The number of hydrogen-bond acceptors (Lipinski definition) is 0. The molecule has 2 atom stereocenters. The van der Waals surface area contributed by atoms with E-state index < -0.39 is 8.80 Å². The Kier molecular flexibility index (Phi) is 4.59. The van der Waals surface area contributed by atoms with E-state index in [-0.39, 0.29) is 18.9 Å². The van der Waals surface area contributed by atoms with Gasteiger partial charge in [0.05, 0.1) is 0 Å². The zero-order valence-corrected chi connectivity index (χ0v) is 14.3. The van der Waals surface area contributed by atoms with Crippen molar-refractivity contribution >= 4 is 20.9 Å². The summed E-state index contributed by atoms with van der Waals surface area (Å²) >= 11 is 0. The predicted molar refractivity (Wildman–Crippen MR) is 92.9 cm³/mol. The maximum absolute atomic E-state index is 2.50. The third-order valence-corrected chi connectivity index (χ3v) is 7.42. The zero-order chi connectivity index (χ0) is 14.2. The van der Waals surface area contributed by atoms with Crippen molar-refractivity contribution in [2.24, 2.45) is 0 Å². The molecule has 2 aliphatic carbocycles. The number of allylic oxidation sites excluding steroid dienone is 2. The van der Waals surface area contributed by atoms with Gasteiger partial charge in [0, 0.05) is 0 Å². The van der Waals surface area contributed by atoms with Crippen molar-refractivity contribution in [2.75, 3.05) is 0 Å². The average molecular weight is 294 g/mol. The van der Waals surface area contributed by atoms with E-state index in [4.69, 9.17) is 0 Å². The van der Waals surface area contributed by atoms with E-state index in [2.05, 4.69) is 79.4 Å². The molecule has 0 heterocycles. The van der Waals surface area contributed by atoms with Gasteiger partial charge in [-0.3, -0.25) is 0 Å². The number of rotatable bonds is 3. The molecule has 0 N–H and O–H groups in total. The first-order valence-electron chi connectivity index (χ1n) is 7.69. The van der Waals surface area contributed by atoms with E-state index in [1.54, 1.807) is 5.56 Å². The Labute approximate surface area is 146 Å².